The molecule has 1 N–H and O–H groups in total. The highest BCUT2D eigenvalue weighted by Gasteiger charge is 2.19. The zero-order valence-electron chi connectivity index (χ0n) is 15.0. The number of carbonyl (C=O) groups is 2. The van der Waals surface area contributed by atoms with Gasteiger partial charge in [-0.15, -0.1) is 11.3 Å². The van der Waals surface area contributed by atoms with Gasteiger partial charge in [-0.2, -0.15) is 0 Å². The number of anilines is 1. The second-order valence-electron chi connectivity index (χ2n) is 6.45. The maximum atomic E-state index is 12.1. The minimum absolute atomic E-state index is 0.170. The van der Waals surface area contributed by atoms with Crippen molar-refractivity contribution in [2.75, 3.05) is 11.4 Å². The Balaban J connectivity index is 1.39. The van der Waals surface area contributed by atoms with Crippen molar-refractivity contribution >= 4 is 40.4 Å². The minimum Gasteiger partial charge on any atom is -0.439 e. The van der Waals surface area contributed by atoms with Crippen LogP contribution < -0.4 is 10.2 Å². The van der Waals surface area contributed by atoms with Gasteiger partial charge in [0.05, 0.1) is 22.0 Å². The van der Waals surface area contributed by atoms with Crippen LogP contribution in [-0.2, 0) is 11.3 Å². The fourth-order valence-corrected chi connectivity index (χ4v) is 4.05. The number of piperidine rings is 1. The van der Waals surface area contributed by atoms with Gasteiger partial charge in [0.15, 0.2) is 5.76 Å². The van der Waals surface area contributed by atoms with Crippen molar-refractivity contribution in [2.24, 2.45) is 0 Å². The molecule has 28 heavy (non-hydrogen) atoms. The molecule has 8 heteroatoms. The molecule has 0 aliphatic carbocycles. The molecule has 0 radical (unpaired) electrons. The lowest BCUT2D eigenvalue weighted by atomic mass is 10.1. The highest BCUT2D eigenvalue weighted by Crippen LogP contribution is 2.26. The van der Waals surface area contributed by atoms with Gasteiger partial charge in [-0.3, -0.25) is 9.59 Å². The number of amides is 2. The molecule has 1 saturated heterocycles. The van der Waals surface area contributed by atoms with E-state index in [2.05, 4.69) is 10.3 Å². The van der Waals surface area contributed by atoms with Gasteiger partial charge < -0.3 is 14.6 Å². The molecule has 2 amide bonds. The largest absolute Gasteiger partial charge is 0.439 e. The summed E-state index contributed by atoms with van der Waals surface area (Å²) in [4.78, 5) is 30.7. The maximum Gasteiger partial charge on any atom is 0.261 e. The average molecular weight is 416 g/mol. The van der Waals surface area contributed by atoms with E-state index in [4.69, 9.17) is 16.0 Å². The van der Waals surface area contributed by atoms with E-state index in [9.17, 15) is 9.59 Å². The van der Waals surface area contributed by atoms with E-state index in [1.54, 1.807) is 18.3 Å². The Kier molecular flexibility index (Phi) is 5.45. The lowest BCUT2D eigenvalue weighted by molar-refractivity contribution is -0.119. The molecule has 4 rings (SSSR count). The SMILES string of the molecule is O=C(NCc1ncc(-c2ccc(N3CCCCC3=O)cc2)o1)c1ccc(Cl)s1. The Morgan fingerprint density at radius 1 is 1.21 bits per heavy atom. The van der Waals surface area contributed by atoms with E-state index < -0.39 is 0 Å². The summed E-state index contributed by atoms with van der Waals surface area (Å²) < 4.78 is 6.31. The Bertz CT molecular complexity index is 996. The van der Waals surface area contributed by atoms with Crippen LogP contribution in [0.1, 0.15) is 34.8 Å². The number of hydrogen-bond acceptors (Lipinski definition) is 5. The molecule has 144 valence electrons. The van der Waals surface area contributed by atoms with Gasteiger partial charge in [0, 0.05) is 24.2 Å². The summed E-state index contributed by atoms with van der Waals surface area (Å²) >= 11 is 7.07. The van der Waals surface area contributed by atoms with Crippen molar-refractivity contribution in [2.45, 2.75) is 25.8 Å². The average Bonchev–Trinajstić information content (AvgIpc) is 3.36. The molecule has 0 bridgehead atoms. The van der Waals surface area contributed by atoms with Gasteiger partial charge in [0.25, 0.3) is 5.91 Å². The summed E-state index contributed by atoms with van der Waals surface area (Å²) in [7, 11) is 0. The molecule has 1 fully saturated rings. The van der Waals surface area contributed by atoms with Gasteiger partial charge in [-0.1, -0.05) is 11.6 Å². The molecule has 1 aromatic carbocycles. The van der Waals surface area contributed by atoms with Crippen molar-refractivity contribution in [3.05, 3.63) is 57.7 Å². The van der Waals surface area contributed by atoms with E-state index >= 15 is 0 Å². The quantitative estimate of drug-likeness (QED) is 0.665. The number of nitrogens with one attached hydrogen (secondary N) is 1. The van der Waals surface area contributed by atoms with E-state index in [0.29, 0.717) is 27.3 Å². The lowest BCUT2D eigenvalue weighted by Gasteiger charge is -2.26. The van der Waals surface area contributed by atoms with Crippen molar-refractivity contribution in [1.29, 1.82) is 0 Å². The number of benzene rings is 1. The Morgan fingerprint density at radius 3 is 2.75 bits per heavy atom. The summed E-state index contributed by atoms with van der Waals surface area (Å²) in [5.41, 5.74) is 1.76. The molecule has 0 atom stereocenters. The third-order valence-electron chi connectivity index (χ3n) is 4.54. The van der Waals surface area contributed by atoms with Crippen molar-refractivity contribution in [3.63, 3.8) is 0 Å². The number of carbonyl (C=O) groups excluding carboxylic acids is 2. The van der Waals surface area contributed by atoms with Crippen LogP contribution in [-0.4, -0.2) is 23.3 Å². The van der Waals surface area contributed by atoms with Crippen LogP contribution in [0, 0.1) is 0 Å². The molecule has 1 aliphatic heterocycles. The fourth-order valence-electron chi connectivity index (χ4n) is 3.09. The van der Waals surface area contributed by atoms with E-state index in [0.717, 1.165) is 30.6 Å². The van der Waals surface area contributed by atoms with Crippen molar-refractivity contribution in [3.8, 4) is 11.3 Å². The highest BCUT2D eigenvalue weighted by atomic mass is 35.5. The van der Waals surface area contributed by atoms with Crippen molar-refractivity contribution in [1.82, 2.24) is 10.3 Å². The molecule has 6 nitrogen and oxygen atoms in total. The highest BCUT2D eigenvalue weighted by molar-refractivity contribution is 7.17. The first kappa shape index (κ1) is 18.7. The summed E-state index contributed by atoms with van der Waals surface area (Å²) in [6.07, 6.45) is 4.23. The third kappa shape index (κ3) is 4.10. The summed E-state index contributed by atoms with van der Waals surface area (Å²) in [5, 5.41) is 2.76. The fraction of sp³-hybridized carbons (Fsp3) is 0.250. The molecule has 0 unspecified atom stereocenters. The smallest absolute Gasteiger partial charge is 0.261 e. The van der Waals surface area contributed by atoms with Crippen LogP contribution in [0.4, 0.5) is 5.69 Å². The second kappa shape index (κ2) is 8.16. The molecular formula is C20H18ClN3O3S. The summed E-state index contributed by atoms with van der Waals surface area (Å²) in [5.74, 6) is 0.983. The zero-order valence-corrected chi connectivity index (χ0v) is 16.6. The number of hydrogen-bond donors (Lipinski definition) is 1. The number of rotatable bonds is 5. The summed E-state index contributed by atoms with van der Waals surface area (Å²) in [6, 6.07) is 11.0. The zero-order chi connectivity index (χ0) is 19.5. The van der Waals surface area contributed by atoms with Gasteiger partial charge in [-0.25, -0.2) is 4.98 Å². The van der Waals surface area contributed by atoms with Gasteiger partial charge in [-0.05, 0) is 49.2 Å². The number of nitrogens with zero attached hydrogens (tertiary/aromatic N) is 2. The molecule has 3 aromatic rings. The van der Waals surface area contributed by atoms with Crippen LogP contribution in [0.2, 0.25) is 4.34 Å². The van der Waals surface area contributed by atoms with Gasteiger partial charge in [0.2, 0.25) is 11.8 Å². The number of halogens is 1. The number of thiophene rings is 1. The molecular weight excluding hydrogens is 398 g/mol. The molecule has 2 aromatic heterocycles. The van der Waals surface area contributed by atoms with Crippen LogP contribution in [0.3, 0.4) is 0 Å². The maximum absolute atomic E-state index is 12.1. The minimum atomic E-state index is -0.216. The number of oxazole rings is 1. The van der Waals surface area contributed by atoms with Crippen LogP contribution in [0.25, 0.3) is 11.3 Å². The standard InChI is InChI=1S/C20H18ClN3O3S/c21-17-9-8-16(28-17)20(26)23-12-18-22-11-15(27-18)13-4-6-14(7-5-13)24-10-2-1-3-19(24)25/h4-9,11H,1-3,10,12H2,(H,23,26). The first-order valence-corrected chi connectivity index (χ1v) is 10.2. The first-order valence-electron chi connectivity index (χ1n) is 8.99. The first-order chi connectivity index (χ1) is 13.6. The predicted molar refractivity (Wildman–Crippen MR) is 109 cm³/mol. The van der Waals surface area contributed by atoms with Crippen LogP contribution in [0.15, 0.2) is 47.0 Å². The Hall–Kier alpha value is -2.64. The van der Waals surface area contributed by atoms with E-state index in [1.807, 2.05) is 29.2 Å². The Labute approximate surface area is 171 Å². The molecule has 3 heterocycles. The second-order valence-corrected chi connectivity index (χ2v) is 8.17. The Morgan fingerprint density at radius 2 is 2.04 bits per heavy atom. The van der Waals surface area contributed by atoms with Crippen molar-refractivity contribution < 1.29 is 14.0 Å². The van der Waals surface area contributed by atoms with Crippen LogP contribution in [0.5, 0.6) is 0 Å². The van der Waals surface area contributed by atoms with Gasteiger partial charge >= 0.3 is 0 Å². The molecule has 0 saturated carbocycles. The van der Waals surface area contributed by atoms with Gasteiger partial charge in [0.1, 0.15) is 0 Å². The monoisotopic (exact) mass is 415 g/mol. The normalized spacial score (nSPS) is 14.3. The molecule has 0 spiro atoms. The topological polar surface area (TPSA) is 75.4 Å². The predicted octanol–water partition coefficient (Wildman–Crippen LogP) is 4.50. The van der Waals surface area contributed by atoms with Crippen LogP contribution >= 0.6 is 22.9 Å². The third-order valence-corrected chi connectivity index (χ3v) is 5.77. The summed E-state index contributed by atoms with van der Waals surface area (Å²) in [6.45, 7) is 0.953. The van der Waals surface area contributed by atoms with E-state index in [-0.39, 0.29) is 18.4 Å². The number of aromatic nitrogens is 1. The molecule has 1 aliphatic rings. The van der Waals surface area contributed by atoms with E-state index in [1.165, 1.54) is 11.3 Å². The lowest BCUT2D eigenvalue weighted by Crippen LogP contribution is -2.35.